The van der Waals surface area contributed by atoms with Crippen LogP contribution in [-0.2, 0) is 4.74 Å². The van der Waals surface area contributed by atoms with E-state index < -0.39 is 0 Å². The van der Waals surface area contributed by atoms with Crippen molar-refractivity contribution < 1.29 is 9.84 Å². The third kappa shape index (κ3) is 2.85. The van der Waals surface area contributed by atoms with E-state index in [9.17, 15) is 5.11 Å². The Hall–Kier alpha value is -1.71. The maximum Gasteiger partial charge on any atom is 0.139 e. The van der Waals surface area contributed by atoms with Crippen LogP contribution in [0.2, 0.25) is 5.02 Å². The molecule has 2 atom stereocenters. The van der Waals surface area contributed by atoms with E-state index in [1.165, 1.54) is 0 Å². The number of fused-ring (bicyclic) bond motifs is 1. The van der Waals surface area contributed by atoms with Crippen molar-refractivity contribution in [3.05, 3.63) is 58.6 Å². The van der Waals surface area contributed by atoms with E-state index in [1.807, 2.05) is 43.3 Å². The van der Waals surface area contributed by atoms with Gasteiger partial charge in [0.2, 0.25) is 0 Å². The summed E-state index contributed by atoms with van der Waals surface area (Å²) in [5.74, 6) is 0.260. The number of anilines is 1. The molecule has 110 valence electrons. The molecular weight excluding hydrogens is 286 g/mol. The summed E-state index contributed by atoms with van der Waals surface area (Å²) in [6.07, 6.45) is 0.811. The smallest absolute Gasteiger partial charge is 0.139 e. The van der Waals surface area contributed by atoms with Crippen LogP contribution in [0.15, 0.2) is 42.5 Å². The third-order valence-corrected chi connectivity index (χ3v) is 4.08. The summed E-state index contributed by atoms with van der Waals surface area (Å²) in [7, 11) is 0. The number of para-hydroxylation sites is 1. The summed E-state index contributed by atoms with van der Waals surface area (Å²) >= 11 is 5.95. The molecule has 4 heteroatoms. The predicted molar refractivity (Wildman–Crippen MR) is 84.9 cm³/mol. The summed E-state index contributed by atoms with van der Waals surface area (Å²) in [6, 6.07) is 13.4. The lowest BCUT2D eigenvalue weighted by Crippen LogP contribution is -2.23. The summed E-state index contributed by atoms with van der Waals surface area (Å²) in [6.45, 7) is 2.63. The van der Waals surface area contributed by atoms with Crippen LogP contribution >= 0.6 is 11.6 Å². The lowest BCUT2D eigenvalue weighted by atomic mass is 9.90. The monoisotopic (exact) mass is 303 g/mol. The van der Waals surface area contributed by atoms with Gasteiger partial charge in [0.25, 0.3) is 0 Å². The second kappa shape index (κ2) is 5.96. The van der Waals surface area contributed by atoms with Crippen molar-refractivity contribution in [2.24, 2.45) is 0 Å². The Morgan fingerprint density at radius 3 is 2.71 bits per heavy atom. The average Bonchev–Trinajstić information content (AvgIpc) is 2.49. The van der Waals surface area contributed by atoms with E-state index in [4.69, 9.17) is 16.3 Å². The van der Waals surface area contributed by atoms with Crippen molar-refractivity contribution in [1.82, 2.24) is 0 Å². The molecule has 3 nitrogen and oxygen atoms in total. The van der Waals surface area contributed by atoms with Gasteiger partial charge in [-0.25, -0.2) is 0 Å². The second-order valence-corrected chi connectivity index (χ2v) is 5.61. The van der Waals surface area contributed by atoms with E-state index in [2.05, 4.69) is 5.32 Å². The van der Waals surface area contributed by atoms with Crippen molar-refractivity contribution in [2.45, 2.75) is 25.5 Å². The molecule has 3 rings (SSSR count). The van der Waals surface area contributed by atoms with Crippen LogP contribution in [0.1, 0.15) is 36.6 Å². The highest BCUT2D eigenvalue weighted by molar-refractivity contribution is 6.30. The van der Waals surface area contributed by atoms with E-state index in [0.717, 1.165) is 28.3 Å². The topological polar surface area (TPSA) is 41.5 Å². The van der Waals surface area contributed by atoms with Crippen molar-refractivity contribution in [3.63, 3.8) is 0 Å². The first-order valence-electron chi connectivity index (χ1n) is 7.14. The zero-order chi connectivity index (χ0) is 14.8. The van der Waals surface area contributed by atoms with Crippen molar-refractivity contribution in [3.8, 4) is 5.75 Å². The summed E-state index contributed by atoms with van der Waals surface area (Å²) < 4.78 is 5.86. The van der Waals surface area contributed by atoms with Crippen LogP contribution in [0.5, 0.6) is 5.75 Å². The Bertz CT molecular complexity index is 627. The van der Waals surface area contributed by atoms with Gasteiger partial charge in [-0.15, -0.1) is 0 Å². The molecule has 2 N–H and O–H groups in total. The van der Waals surface area contributed by atoms with Crippen LogP contribution in [0.3, 0.4) is 0 Å². The van der Waals surface area contributed by atoms with Crippen LogP contribution in [-0.4, -0.2) is 11.7 Å². The van der Waals surface area contributed by atoms with Crippen LogP contribution in [0.4, 0.5) is 5.69 Å². The molecule has 0 amide bonds. The largest absolute Gasteiger partial charge is 0.506 e. The van der Waals surface area contributed by atoms with Gasteiger partial charge in [0, 0.05) is 23.6 Å². The van der Waals surface area contributed by atoms with Crippen molar-refractivity contribution in [2.75, 3.05) is 11.9 Å². The molecule has 21 heavy (non-hydrogen) atoms. The molecule has 0 bridgehead atoms. The number of hydrogen-bond donors (Lipinski definition) is 2. The number of phenols is 1. The van der Waals surface area contributed by atoms with E-state index in [0.29, 0.717) is 6.61 Å². The van der Waals surface area contributed by atoms with Crippen molar-refractivity contribution in [1.29, 1.82) is 0 Å². The maximum absolute atomic E-state index is 10.1. The lowest BCUT2D eigenvalue weighted by Gasteiger charge is -2.33. The molecule has 0 saturated heterocycles. The number of aromatic hydroxyl groups is 1. The zero-order valence-corrected chi connectivity index (χ0v) is 12.6. The van der Waals surface area contributed by atoms with Gasteiger partial charge in [0.1, 0.15) is 5.75 Å². The molecule has 2 aromatic carbocycles. The fourth-order valence-electron chi connectivity index (χ4n) is 2.83. The molecule has 0 saturated carbocycles. The molecule has 1 aliphatic rings. The van der Waals surface area contributed by atoms with Gasteiger partial charge in [-0.3, -0.25) is 0 Å². The summed E-state index contributed by atoms with van der Waals surface area (Å²) in [5, 5.41) is 14.2. The van der Waals surface area contributed by atoms with Gasteiger partial charge < -0.3 is 15.2 Å². The molecule has 0 radical (unpaired) electrons. The molecule has 0 spiro atoms. The van der Waals surface area contributed by atoms with E-state index in [-0.39, 0.29) is 17.9 Å². The number of benzene rings is 2. The number of ether oxygens (including phenoxy) is 1. The Morgan fingerprint density at radius 2 is 2.00 bits per heavy atom. The Morgan fingerprint density at radius 1 is 1.24 bits per heavy atom. The number of rotatable bonds is 3. The first-order valence-corrected chi connectivity index (χ1v) is 7.52. The zero-order valence-electron chi connectivity index (χ0n) is 11.8. The lowest BCUT2D eigenvalue weighted by molar-refractivity contribution is 0.0497. The SMILES string of the molecule is CCO[C@@H]1C[C@H](c2ccc(Cl)cc2)Nc2c(O)cccc21. The minimum absolute atomic E-state index is 0.0148. The molecule has 0 aromatic heterocycles. The fourth-order valence-corrected chi connectivity index (χ4v) is 2.96. The van der Waals surface area contributed by atoms with Crippen LogP contribution in [0, 0.1) is 0 Å². The maximum atomic E-state index is 10.1. The van der Waals surface area contributed by atoms with E-state index in [1.54, 1.807) is 6.07 Å². The first kappa shape index (κ1) is 14.2. The highest BCUT2D eigenvalue weighted by atomic mass is 35.5. The van der Waals surface area contributed by atoms with Gasteiger partial charge in [-0.2, -0.15) is 0 Å². The fraction of sp³-hybridized carbons (Fsp3) is 0.294. The van der Waals surface area contributed by atoms with Crippen LogP contribution < -0.4 is 5.32 Å². The molecule has 0 unspecified atom stereocenters. The van der Waals surface area contributed by atoms with Crippen LogP contribution in [0.25, 0.3) is 0 Å². The normalized spacial score (nSPS) is 20.7. The van der Waals surface area contributed by atoms with Gasteiger partial charge in [-0.1, -0.05) is 35.9 Å². The molecular formula is C17H18ClNO2. The van der Waals surface area contributed by atoms with Gasteiger partial charge in [0.15, 0.2) is 0 Å². The Labute approximate surface area is 129 Å². The molecule has 2 aromatic rings. The number of hydrogen-bond acceptors (Lipinski definition) is 3. The second-order valence-electron chi connectivity index (χ2n) is 5.17. The third-order valence-electron chi connectivity index (χ3n) is 3.83. The highest BCUT2D eigenvalue weighted by Gasteiger charge is 2.29. The standard InChI is InChI=1S/C17H18ClNO2/c1-2-21-16-10-14(11-6-8-12(18)9-7-11)19-17-13(16)4-3-5-15(17)20/h3-9,14,16,19-20H,2,10H2,1H3/t14-,16-/m1/s1. The quantitative estimate of drug-likeness (QED) is 0.809. The van der Waals surface area contributed by atoms with E-state index >= 15 is 0 Å². The summed E-state index contributed by atoms with van der Waals surface area (Å²) in [5.41, 5.74) is 2.92. The highest BCUT2D eigenvalue weighted by Crippen LogP contribution is 2.44. The summed E-state index contributed by atoms with van der Waals surface area (Å²) in [4.78, 5) is 0. The first-order chi connectivity index (χ1) is 10.2. The van der Waals surface area contributed by atoms with Gasteiger partial charge in [-0.05, 0) is 30.7 Å². The minimum atomic E-state index is -0.0148. The van der Waals surface area contributed by atoms with Gasteiger partial charge in [0.05, 0.1) is 17.8 Å². The Kier molecular flexibility index (Phi) is 4.04. The number of nitrogens with one attached hydrogen (secondary N) is 1. The average molecular weight is 304 g/mol. The predicted octanol–water partition coefficient (Wildman–Crippen LogP) is 4.68. The molecule has 0 fully saturated rings. The molecule has 1 aliphatic heterocycles. The Balaban J connectivity index is 1.96. The number of phenolic OH excluding ortho intramolecular Hbond substituents is 1. The molecule has 0 aliphatic carbocycles. The minimum Gasteiger partial charge on any atom is -0.506 e. The number of halogens is 1. The van der Waals surface area contributed by atoms with Gasteiger partial charge >= 0.3 is 0 Å². The molecule has 1 heterocycles. The van der Waals surface area contributed by atoms with Crippen molar-refractivity contribution >= 4 is 17.3 Å².